The van der Waals surface area contributed by atoms with Crippen LogP contribution in [0.1, 0.15) is 42.9 Å². The largest absolute Gasteiger partial charge is 0.0776 e. The topological polar surface area (TPSA) is 0 Å². The molecule has 0 amide bonds. The fraction of sp³-hybridized carbons (Fsp3) is 0.423. The van der Waals surface area contributed by atoms with Crippen molar-refractivity contribution >= 4 is 32.6 Å². The molecule has 0 fully saturated rings. The highest BCUT2D eigenvalue weighted by molar-refractivity contribution is 6.91. The molecule has 0 atom stereocenters. The van der Waals surface area contributed by atoms with Crippen LogP contribution in [0.25, 0.3) is 17.2 Å². The van der Waals surface area contributed by atoms with Crippen molar-refractivity contribution in [2.24, 2.45) is 0 Å². The van der Waals surface area contributed by atoms with Gasteiger partial charge < -0.3 is 0 Å². The normalized spacial score (nSPS) is 14.2. The summed E-state index contributed by atoms with van der Waals surface area (Å²) < 4.78 is 0. The van der Waals surface area contributed by atoms with E-state index in [2.05, 4.69) is 96.0 Å². The summed E-state index contributed by atoms with van der Waals surface area (Å²) in [7, 11) is -2.77. The van der Waals surface area contributed by atoms with Crippen molar-refractivity contribution in [2.75, 3.05) is 0 Å². The molecule has 0 aliphatic heterocycles. The maximum Gasteiger partial charge on any atom is 0.0776 e. The first-order chi connectivity index (χ1) is 13.0. The Kier molecular flexibility index (Phi) is 5.94. The molecule has 3 rings (SSSR count). The Morgan fingerprint density at radius 3 is 1.96 bits per heavy atom. The molecule has 2 aromatic rings. The number of hydrogen-bond donors (Lipinski definition) is 0. The van der Waals surface area contributed by atoms with Crippen LogP contribution in [-0.4, -0.2) is 16.1 Å². The summed E-state index contributed by atoms with van der Waals surface area (Å²) in [6, 6.07) is 12.2. The van der Waals surface area contributed by atoms with Crippen molar-refractivity contribution in [1.29, 1.82) is 0 Å². The number of allylic oxidation sites excluding steroid dienone is 1. The molecule has 2 heteroatoms. The van der Waals surface area contributed by atoms with Gasteiger partial charge in [-0.05, 0) is 47.6 Å². The van der Waals surface area contributed by atoms with Crippen LogP contribution in [0.2, 0.25) is 39.3 Å². The standard InChI is InChI=1S/C26H37Si2/c1-9-10-11-20-14-21-13-12-19(2)26(25(21)15-20)22-16-23(27(3,4)5)18-24(17-22)28(6,7)8/h12-18H,9-11H2,1-8H3. The molecule has 28 heavy (non-hydrogen) atoms. The molecule has 0 saturated carbocycles. The SMILES string of the molecule is CCCCC1=Cc2c(ccc(C)c2-c2cc([Si](C)(C)C)cc([Si](C)(C)C)c2)[CH]1. The smallest absolute Gasteiger partial charge is 0.0656 e. The summed E-state index contributed by atoms with van der Waals surface area (Å²) in [5, 5.41) is 3.19. The highest BCUT2D eigenvalue weighted by Crippen LogP contribution is 2.38. The van der Waals surface area contributed by atoms with Crippen molar-refractivity contribution < 1.29 is 0 Å². The molecule has 1 aliphatic rings. The summed E-state index contributed by atoms with van der Waals surface area (Å²) >= 11 is 0. The number of hydrogen-bond acceptors (Lipinski definition) is 0. The number of fused-ring (bicyclic) bond motifs is 1. The van der Waals surface area contributed by atoms with Crippen molar-refractivity contribution in [3.63, 3.8) is 0 Å². The van der Waals surface area contributed by atoms with Crippen molar-refractivity contribution in [3.05, 3.63) is 59.0 Å². The van der Waals surface area contributed by atoms with E-state index < -0.39 is 16.1 Å². The van der Waals surface area contributed by atoms with Crippen LogP contribution in [0, 0.1) is 13.3 Å². The van der Waals surface area contributed by atoms with Gasteiger partial charge in [-0.15, -0.1) is 0 Å². The molecule has 1 aliphatic carbocycles. The van der Waals surface area contributed by atoms with E-state index in [4.69, 9.17) is 0 Å². The van der Waals surface area contributed by atoms with E-state index >= 15 is 0 Å². The van der Waals surface area contributed by atoms with E-state index in [-0.39, 0.29) is 0 Å². The van der Waals surface area contributed by atoms with E-state index in [1.807, 2.05) is 0 Å². The Hall–Kier alpha value is -1.39. The van der Waals surface area contributed by atoms with Gasteiger partial charge in [-0.1, -0.05) is 105 Å². The lowest BCUT2D eigenvalue weighted by molar-refractivity contribution is 0.797. The second-order valence-electron chi connectivity index (χ2n) is 10.5. The van der Waals surface area contributed by atoms with Gasteiger partial charge in [0.2, 0.25) is 0 Å². The third-order valence-electron chi connectivity index (χ3n) is 5.93. The second kappa shape index (κ2) is 7.80. The minimum Gasteiger partial charge on any atom is -0.0656 e. The van der Waals surface area contributed by atoms with Gasteiger partial charge in [0.1, 0.15) is 0 Å². The Morgan fingerprint density at radius 1 is 0.821 bits per heavy atom. The number of unbranched alkanes of at least 4 members (excludes halogenated alkanes) is 1. The zero-order chi connectivity index (χ0) is 20.7. The summed E-state index contributed by atoms with van der Waals surface area (Å²) in [5.41, 5.74) is 8.64. The fourth-order valence-corrected chi connectivity index (χ4v) is 6.50. The number of aryl methyl sites for hydroxylation is 1. The molecule has 1 radical (unpaired) electrons. The van der Waals surface area contributed by atoms with Crippen LogP contribution in [0.5, 0.6) is 0 Å². The molecule has 0 heterocycles. The first kappa shape index (κ1) is 21.3. The first-order valence-corrected chi connectivity index (χ1v) is 17.9. The van der Waals surface area contributed by atoms with Gasteiger partial charge in [-0.25, -0.2) is 0 Å². The average molecular weight is 406 g/mol. The summed E-state index contributed by atoms with van der Waals surface area (Å²) in [6.45, 7) is 19.4. The highest BCUT2D eigenvalue weighted by atomic mass is 28.3. The van der Waals surface area contributed by atoms with Crippen molar-refractivity contribution in [3.8, 4) is 11.1 Å². The van der Waals surface area contributed by atoms with Crippen LogP contribution in [0.15, 0.2) is 35.9 Å². The lowest BCUT2D eigenvalue weighted by Gasteiger charge is -2.25. The molecule has 149 valence electrons. The molecular formula is C26H37Si2. The quantitative estimate of drug-likeness (QED) is 0.459. The fourth-order valence-electron chi connectivity index (χ4n) is 4.00. The lowest BCUT2D eigenvalue weighted by Crippen LogP contribution is -2.45. The summed E-state index contributed by atoms with van der Waals surface area (Å²) in [5.74, 6) is 0. The molecule has 0 aromatic heterocycles. The summed E-state index contributed by atoms with van der Waals surface area (Å²) in [6.07, 6.45) is 8.60. The van der Waals surface area contributed by atoms with Crippen LogP contribution >= 0.6 is 0 Å². The molecule has 0 spiro atoms. The zero-order valence-electron chi connectivity index (χ0n) is 19.2. The van der Waals surface area contributed by atoms with E-state index in [0.29, 0.717) is 0 Å². The first-order valence-electron chi connectivity index (χ1n) is 10.9. The van der Waals surface area contributed by atoms with Gasteiger partial charge >= 0.3 is 0 Å². The van der Waals surface area contributed by atoms with Crippen molar-refractivity contribution in [2.45, 2.75) is 72.4 Å². The van der Waals surface area contributed by atoms with Gasteiger partial charge in [0.15, 0.2) is 0 Å². The van der Waals surface area contributed by atoms with Gasteiger partial charge in [0.05, 0.1) is 16.1 Å². The maximum atomic E-state index is 2.54. The molecular weight excluding hydrogens is 368 g/mol. The number of benzene rings is 2. The third-order valence-corrected chi connectivity index (χ3v) is 9.97. The van der Waals surface area contributed by atoms with Crippen LogP contribution in [-0.2, 0) is 0 Å². The molecule has 0 bridgehead atoms. The maximum absolute atomic E-state index is 2.54. The lowest BCUT2D eigenvalue weighted by atomic mass is 9.93. The highest BCUT2D eigenvalue weighted by Gasteiger charge is 2.25. The average Bonchev–Trinajstić information content (AvgIpc) is 3.00. The Morgan fingerprint density at radius 2 is 1.43 bits per heavy atom. The van der Waals surface area contributed by atoms with E-state index in [0.717, 1.165) is 0 Å². The molecule has 0 saturated heterocycles. The Bertz CT molecular complexity index is 873. The van der Waals surface area contributed by atoms with E-state index in [9.17, 15) is 0 Å². The van der Waals surface area contributed by atoms with E-state index in [1.165, 1.54) is 52.7 Å². The monoisotopic (exact) mass is 405 g/mol. The third kappa shape index (κ3) is 4.44. The zero-order valence-corrected chi connectivity index (χ0v) is 21.2. The summed E-state index contributed by atoms with van der Waals surface area (Å²) in [4.78, 5) is 0. The van der Waals surface area contributed by atoms with Crippen LogP contribution in [0.3, 0.4) is 0 Å². The Balaban J connectivity index is 2.20. The molecule has 0 N–H and O–H groups in total. The second-order valence-corrected chi connectivity index (χ2v) is 20.7. The van der Waals surface area contributed by atoms with E-state index in [1.54, 1.807) is 10.4 Å². The number of rotatable bonds is 6. The van der Waals surface area contributed by atoms with Gasteiger partial charge in [0, 0.05) is 6.42 Å². The Labute approximate surface area is 175 Å². The van der Waals surface area contributed by atoms with Crippen LogP contribution < -0.4 is 10.4 Å². The molecule has 0 nitrogen and oxygen atoms in total. The van der Waals surface area contributed by atoms with Gasteiger partial charge in [-0.3, -0.25) is 0 Å². The predicted octanol–water partition coefficient (Wildman–Crippen LogP) is 6.89. The molecule has 0 unspecified atom stereocenters. The van der Waals surface area contributed by atoms with Crippen molar-refractivity contribution in [1.82, 2.24) is 0 Å². The van der Waals surface area contributed by atoms with Gasteiger partial charge in [-0.2, -0.15) is 0 Å². The minimum atomic E-state index is -1.38. The molecule has 2 aromatic carbocycles. The van der Waals surface area contributed by atoms with Crippen LogP contribution in [0.4, 0.5) is 0 Å². The van der Waals surface area contributed by atoms with Gasteiger partial charge in [0.25, 0.3) is 0 Å². The predicted molar refractivity (Wildman–Crippen MR) is 133 cm³/mol. The minimum absolute atomic E-state index is 1.19.